The molecule has 0 fully saturated rings. The number of esters is 1. The smallest absolute Gasteiger partial charge is 0.330 e. The van der Waals surface area contributed by atoms with Gasteiger partial charge in [0.05, 0.1) is 18.3 Å². The molecule has 0 aromatic rings. The zero-order valence-electron chi connectivity index (χ0n) is 20.6. The fourth-order valence-corrected chi connectivity index (χ4v) is 4.47. The summed E-state index contributed by atoms with van der Waals surface area (Å²) in [5, 5.41) is 30.4. The Balaban J connectivity index is 1.89. The summed E-state index contributed by atoms with van der Waals surface area (Å²) >= 11 is 0. The Kier molecular flexibility index (Phi) is 17.8. The second-order valence-electron chi connectivity index (χ2n) is 9.74. The van der Waals surface area contributed by atoms with E-state index in [4.69, 9.17) is 4.74 Å². The van der Waals surface area contributed by atoms with Crippen LogP contribution in [0.3, 0.4) is 0 Å². The second kappa shape index (κ2) is 19.5. The number of carbonyl (C=O) groups is 1. The highest BCUT2D eigenvalue weighted by molar-refractivity contribution is 5.82. The number of hydrogen-bond donors (Lipinski definition) is 3. The van der Waals surface area contributed by atoms with Crippen molar-refractivity contribution in [3.63, 3.8) is 0 Å². The summed E-state index contributed by atoms with van der Waals surface area (Å²) in [5.41, 5.74) is 0. The van der Waals surface area contributed by atoms with Gasteiger partial charge in [-0.05, 0) is 25.7 Å². The lowest BCUT2D eigenvalue weighted by Crippen LogP contribution is -2.28. The minimum Gasteiger partial charge on any atom is -0.459 e. The van der Waals surface area contributed by atoms with Crippen LogP contribution in [0.4, 0.5) is 0 Å². The monoisotopic (exact) mass is 454 g/mol. The average molecular weight is 455 g/mol. The fourth-order valence-electron chi connectivity index (χ4n) is 4.47. The summed E-state index contributed by atoms with van der Waals surface area (Å²) in [7, 11) is 0. The van der Waals surface area contributed by atoms with E-state index in [9.17, 15) is 20.1 Å². The molecule has 5 heteroatoms. The third-order valence-corrected chi connectivity index (χ3v) is 6.49. The van der Waals surface area contributed by atoms with Crippen molar-refractivity contribution in [1.29, 1.82) is 0 Å². The van der Waals surface area contributed by atoms with E-state index >= 15 is 0 Å². The maximum Gasteiger partial charge on any atom is 0.330 e. The molecule has 5 nitrogen and oxygen atoms in total. The van der Waals surface area contributed by atoms with Gasteiger partial charge >= 0.3 is 5.97 Å². The van der Waals surface area contributed by atoms with Gasteiger partial charge in [-0.1, -0.05) is 96.5 Å². The van der Waals surface area contributed by atoms with Crippen LogP contribution >= 0.6 is 0 Å². The van der Waals surface area contributed by atoms with E-state index in [1.54, 1.807) is 6.08 Å². The number of aliphatic hydroxyl groups is 3. The molecule has 0 aromatic carbocycles. The Hall–Kier alpha value is -0.910. The number of rotatable bonds is 21. The molecular formula is C27H50O5. The molecule has 0 radical (unpaired) electrons. The first-order valence-electron chi connectivity index (χ1n) is 13.4. The van der Waals surface area contributed by atoms with Crippen LogP contribution in [0.2, 0.25) is 0 Å². The zero-order chi connectivity index (χ0) is 23.4. The lowest BCUT2D eigenvalue weighted by Gasteiger charge is -2.23. The minimum atomic E-state index is -0.701. The fraction of sp³-hybridized carbons (Fsp3) is 0.889. The third-order valence-electron chi connectivity index (χ3n) is 6.49. The van der Waals surface area contributed by atoms with Crippen molar-refractivity contribution in [2.75, 3.05) is 0 Å². The van der Waals surface area contributed by atoms with Gasteiger partial charge in [-0.2, -0.15) is 0 Å². The molecule has 0 aromatic heterocycles. The van der Waals surface area contributed by atoms with Crippen LogP contribution in [0, 0.1) is 0 Å². The van der Waals surface area contributed by atoms with E-state index in [-0.39, 0.29) is 24.6 Å². The van der Waals surface area contributed by atoms with Gasteiger partial charge in [0.15, 0.2) is 0 Å². The maximum absolute atomic E-state index is 11.2. The Morgan fingerprint density at radius 3 is 1.88 bits per heavy atom. The van der Waals surface area contributed by atoms with E-state index in [0.29, 0.717) is 25.7 Å². The summed E-state index contributed by atoms with van der Waals surface area (Å²) in [6, 6.07) is 0. The number of ether oxygens (including phenoxy) is 1. The molecule has 1 heterocycles. The van der Waals surface area contributed by atoms with E-state index in [2.05, 4.69) is 6.92 Å². The van der Waals surface area contributed by atoms with E-state index < -0.39 is 12.2 Å². The topological polar surface area (TPSA) is 87.0 Å². The normalized spacial score (nSPS) is 19.0. The Morgan fingerprint density at radius 1 is 0.781 bits per heavy atom. The highest BCUT2D eigenvalue weighted by Gasteiger charge is 2.22. The Bertz CT molecular complexity index is 479. The van der Waals surface area contributed by atoms with Crippen molar-refractivity contribution >= 4 is 5.97 Å². The third kappa shape index (κ3) is 16.7. The molecule has 1 rings (SSSR count). The molecule has 188 valence electrons. The quantitative estimate of drug-likeness (QED) is 0.147. The molecule has 0 amide bonds. The first-order chi connectivity index (χ1) is 15.5. The molecule has 0 aliphatic carbocycles. The second-order valence-corrected chi connectivity index (χ2v) is 9.74. The van der Waals surface area contributed by atoms with Crippen molar-refractivity contribution in [2.45, 2.75) is 153 Å². The molecule has 0 saturated heterocycles. The number of hydrogen-bond acceptors (Lipinski definition) is 5. The lowest BCUT2D eigenvalue weighted by molar-refractivity contribution is -0.145. The first kappa shape index (κ1) is 29.1. The van der Waals surface area contributed by atoms with E-state index in [0.717, 1.165) is 12.8 Å². The van der Waals surface area contributed by atoms with Crippen LogP contribution in [-0.2, 0) is 9.53 Å². The van der Waals surface area contributed by atoms with Crippen molar-refractivity contribution in [2.24, 2.45) is 0 Å². The predicted molar refractivity (Wildman–Crippen MR) is 130 cm³/mol. The van der Waals surface area contributed by atoms with Gasteiger partial charge in [-0.15, -0.1) is 0 Å². The van der Waals surface area contributed by atoms with Crippen molar-refractivity contribution in [1.82, 2.24) is 0 Å². The van der Waals surface area contributed by atoms with Crippen LogP contribution in [0.1, 0.15) is 129 Å². The lowest BCUT2D eigenvalue weighted by atomic mass is 9.98. The molecule has 1 aliphatic rings. The summed E-state index contributed by atoms with van der Waals surface area (Å²) in [6.07, 6.45) is 21.3. The van der Waals surface area contributed by atoms with Crippen LogP contribution in [0.15, 0.2) is 12.2 Å². The Morgan fingerprint density at radius 2 is 1.31 bits per heavy atom. The number of aliphatic hydroxyl groups excluding tert-OH is 3. The molecule has 0 saturated carbocycles. The average Bonchev–Trinajstić information content (AvgIpc) is 2.75. The number of cyclic esters (lactones) is 1. The van der Waals surface area contributed by atoms with Crippen LogP contribution in [-0.4, -0.2) is 45.7 Å². The van der Waals surface area contributed by atoms with E-state index in [1.807, 2.05) is 0 Å². The number of carbonyl (C=O) groups excluding carboxylic acids is 1. The maximum atomic E-state index is 11.2. The van der Waals surface area contributed by atoms with Crippen LogP contribution < -0.4 is 0 Å². The molecule has 3 N–H and O–H groups in total. The highest BCUT2D eigenvalue weighted by atomic mass is 16.5. The minimum absolute atomic E-state index is 0.253. The summed E-state index contributed by atoms with van der Waals surface area (Å²) < 4.78 is 5.14. The molecular weight excluding hydrogens is 404 g/mol. The molecule has 32 heavy (non-hydrogen) atoms. The van der Waals surface area contributed by atoms with Gasteiger partial charge in [-0.25, -0.2) is 4.79 Å². The van der Waals surface area contributed by atoms with Crippen LogP contribution in [0.25, 0.3) is 0 Å². The summed E-state index contributed by atoms with van der Waals surface area (Å²) in [6.45, 7) is 2.26. The van der Waals surface area contributed by atoms with E-state index in [1.165, 1.54) is 83.1 Å². The predicted octanol–water partition coefficient (Wildman–Crippen LogP) is 5.98. The van der Waals surface area contributed by atoms with Gasteiger partial charge in [0.1, 0.15) is 6.10 Å². The van der Waals surface area contributed by atoms with Gasteiger partial charge in [0, 0.05) is 18.9 Å². The standard InChI is InChI=1S/C27H50O5/c1-2-3-4-5-6-7-8-9-10-11-12-13-14-16-23(28)19-20-24(29)21-25(30)22-26-17-15-18-27(31)32-26/h15,18,23-26,28-30H,2-14,16-17,19-22H2,1H3/t23-,24-,25-,26+/m1/s1. The highest BCUT2D eigenvalue weighted by Crippen LogP contribution is 2.19. The molecule has 1 aliphatic heterocycles. The zero-order valence-corrected chi connectivity index (χ0v) is 20.6. The van der Waals surface area contributed by atoms with Crippen molar-refractivity contribution in [3.8, 4) is 0 Å². The summed E-state index contributed by atoms with van der Waals surface area (Å²) in [4.78, 5) is 11.2. The van der Waals surface area contributed by atoms with Gasteiger partial charge in [-0.3, -0.25) is 0 Å². The SMILES string of the molecule is CCCCCCCCCCCCCCC[C@@H](O)CC[C@@H](O)C[C@@H](O)C[C@@H]1CC=CC(=O)O1. The largest absolute Gasteiger partial charge is 0.459 e. The molecule has 0 bridgehead atoms. The molecule has 0 spiro atoms. The number of unbranched alkanes of at least 4 members (excludes halogenated alkanes) is 12. The van der Waals surface area contributed by atoms with Gasteiger partial charge in [0.25, 0.3) is 0 Å². The van der Waals surface area contributed by atoms with Gasteiger partial charge in [0.2, 0.25) is 0 Å². The molecule has 0 unspecified atom stereocenters. The first-order valence-corrected chi connectivity index (χ1v) is 13.4. The Labute approximate surface area is 196 Å². The van der Waals surface area contributed by atoms with Gasteiger partial charge < -0.3 is 20.1 Å². The van der Waals surface area contributed by atoms with Crippen LogP contribution in [0.5, 0.6) is 0 Å². The van der Waals surface area contributed by atoms with Crippen molar-refractivity contribution in [3.05, 3.63) is 12.2 Å². The van der Waals surface area contributed by atoms with Crippen molar-refractivity contribution < 1.29 is 24.9 Å². The molecule has 4 atom stereocenters. The summed E-state index contributed by atoms with van der Waals surface area (Å²) in [5.74, 6) is -0.370.